The monoisotopic (exact) mass is 252 g/mol. The molecule has 0 spiro atoms. The number of methoxy groups -OCH3 is 1. The number of hydrogen-bond acceptors (Lipinski definition) is 4. The normalized spacial score (nSPS) is 19.9. The van der Waals surface area contributed by atoms with E-state index < -0.39 is 0 Å². The molecule has 1 aromatic rings. The van der Waals surface area contributed by atoms with E-state index >= 15 is 0 Å². The minimum Gasteiger partial charge on any atom is -0.497 e. The van der Waals surface area contributed by atoms with Crippen molar-refractivity contribution >= 4 is 23.1 Å². The molecule has 1 aliphatic heterocycles. The van der Waals surface area contributed by atoms with Crippen LogP contribution in [0.3, 0.4) is 0 Å². The second-order valence-electron chi connectivity index (χ2n) is 4.32. The Kier molecular flexibility index (Phi) is 4.42. The van der Waals surface area contributed by atoms with Gasteiger partial charge in [-0.1, -0.05) is 6.42 Å². The molecule has 0 amide bonds. The van der Waals surface area contributed by atoms with E-state index in [0.29, 0.717) is 5.25 Å². The van der Waals surface area contributed by atoms with Crippen LogP contribution < -0.4 is 15.8 Å². The molecule has 3 N–H and O–H groups in total. The zero-order valence-corrected chi connectivity index (χ0v) is 11.1. The van der Waals surface area contributed by atoms with Gasteiger partial charge in [-0.25, -0.2) is 0 Å². The van der Waals surface area contributed by atoms with Crippen molar-refractivity contribution in [1.82, 2.24) is 0 Å². The number of hydrogen-bond donors (Lipinski definition) is 2. The molecule has 1 saturated heterocycles. The first kappa shape index (κ1) is 12.4. The van der Waals surface area contributed by atoms with Gasteiger partial charge < -0.3 is 15.8 Å². The number of nitrogens with two attached hydrogens (primary N) is 1. The largest absolute Gasteiger partial charge is 0.497 e. The highest BCUT2D eigenvalue weighted by molar-refractivity contribution is 7.99. The van der Waals surface area contributed by atoms with Gasteiger partial charge >= 0.3 is 0 Å². The number of rotatable bonds is 4. The van der Waals surface area contributed by atoms with Crippen LogP contribution in [-0.4, -0.2) is 24.7 Å². The third kappa shape index (κ3) is 3.46. The van der Waals surface area contributed by atoms with Gasteiger partial charge in [0.15, 0.2) is 0 Å². The molecule has 1 unspecified atom stereocenters. The maximum Gasteiger partial charge on any atom is 0.121 e. The summed E-state index contributed by atoms with van der Waals surface area (Å²) in [6, 6.07) is 5.73. The molecule has 17 heavy (non-hydrogen) atoms. The van der Waals surface area contributed by atoms with Crippen LogP contribution in [0.4, 0.5) is 11.4 Å². The molecule has 1 heterocycles. The lowest BCUT2D eigenvalue weighted by atomic mass is 10.2. The summed E-state index contributed by atoms with van der Waals surface area (Å²) in [6.07, 6.45) is 4.02. The van der Waals surface area contributed by atoms with Crippen molar-refractivity contribution < 1.29 is 4.74 Å². The number of thioether (sulfide) groups is 1. The molecule has 3 nitrogen and oxygen atoms in total. The van der Waals surface area contributed by atoms with Gasteiger partial charge in [0.05, 0.1) is 18.5 Å². The van der Waals surface area contributed by atoms with E-state index in [1.54, 1.807) is 7.11 Å². The average Bonchev–Trinajstić information content (AvgIpc) is 2.39. The summed E-state index contributed by atoms with van der Waals surface area (Å²) in [4.78, 5) is 0. The van der Waals surface area contributed by atoms with Gasteiger partial charge in [0, 0.05) is 17.9 Å². The summed E-state index contributed by atoms with van der Waals surface area (Å²) in [5, 5.41) is 4.15. The standard InChI is InChI=1S/C13H20N2OS/c1-16-10-5-6-12(14)13(8-10)15-9-11-4-2-3-7-17-11/h5-6,8,11,15H,2-4,7,9,14H2,1H3. The molecule has 0 aromatic heterocycles. The third-order valence-corrected chi connectivity index (χ3v) is 4.45. The molecule has 0 aliphatic carbocycles. The molecule has 1 aliphatic rings. The van der Waals surface area contributed by atoms with Crippen molar-refractivity contribution in [2.45, 2.75) is 24.5 Å². The Labute approximate surface area is 107 Å². The van der Waals surface area contributed by atoms with E-state index in [2.05, 4.69) is 17.1 Å². The van der Waals surface area contributed by atoms with E-state index in [0.717, 1.165) is 23.7 Å². The van der Waals surface area contributed by atoms with Gasteiger partial charge in [0.1, 0.15) is 5.75 Å². The van der Waals surface area contributed by atoms with Crippen LogP contribution in [0.2, 0.25) is 0 Å². The topological polar surface area (TPSA) is 47.3 Å². The van der Waals surface area contributed by atoms with Crippen LogP contribution in [-0.2, 0) is 0 Å². The summed E-state index contributed by atoms with van der Waals surface area (Å²) in [6.45, 7) is 0.988. The lowest BCUT2D eigenvalue weighted by molar-refractivity contribution is 0.415. The van der Waals surface area contributed by atoms with Gasteiger partial charge in [0.2, 0.25) is 0 Å². The number of nitrogen functional groups attached to an aromatic ring is 1. The van der Waals surface area contributed by atoms with Crippen LogP contribution in [0.15, 0.2) is 18.2 Å². The first-order chi connectivity index (χ1) is 8.29. The lowest BCUT2D eigenvalue weighted by Crippen LogP contribution is -2.20. The molecular weight excluding hydrogens is 232 g/mol. The molecule has 0 saturated carbocycles. The van der Waals surface area contributed by atoms with Crippen LogP contribution >= 0.6 is 11.8 Å². The highest BCUT2D eigenvalue weighted by Crippen LogP contribution is 2.28. The van der Waals surface area contributed by atoms with Gasteiger partial charge in [-0.2, -0.15) is 11.8 Å². The second-order valence-corrected chi connectivity index (χ2v) is 5.73. The first-order valence-electron chi connectivity index (χ1n) is 6.08. The molecule has 2 rings (SSSR count). The molecule has 1 fully saturated rings. The highest BCUT2D eigenvalue weighted by Gasteiger charge is 2.13. The van der Waals surface area contributed by atoms with Crippen LogP contribution in [0.1, 0.15) is 19.3 Å². The van der Waals surface area contributed by atoms with Gasteiger partial charge in [0.25, 0.3) is 0 Å². The minimum atomic E-state index is 0.717. The van der Waals surface area contributed by atoms with E-state index in [1.165, 1.54) is 25.0 Å². The molecule has 0 radical (unpaired) electrons. The first-order valence-corrected chi connectivity index (χ1v) is 7.13. The van der Waals surface area contributed by atoms with E-state index in [9.17, 15) is 0 Å². The summed E-state index contributed by atoms with van der Waals surface area (Å²) in [5.74, 6) is 2.14. The van der Waals surface area contributed by atoms with E-state index in [1.807, 2.05) is 18.2 Å². The number of nitrogens with one attached hydrogen (secondary N) is 1. The summed E-state index contributed by atoms with van der Waals surface area (Å²) < 4.78 is 5.20. The number of ether oxygens (including phenoxy) is 1. The zero-order valence-electron chi connectivity index (χ0n) is 10.2. The number of anilines is 2. The van der Waals surface area contributed by atoms with Crippen molar-refractivity contribution in [3.8, 4) is 5.75 Å². The second kappa shape index (κ2) is 6.05. The Balaban J connectivity index is 1.92. The fourth-order valence-corrected chi connectivity index (χ4v) is 3.25. The molecule has 4 heteroatoms. The lowest BCUT2D eigenvalue weighted by Gasteiger charge is -2.22. The fourth-order valence-electron chi connectivity index (χ4n) is 2.01. The zero-order chi connectivity index (χ0) is 12.1. The maximum atomic E-state index is 5.93. The molecule has 94 valence electrons. The summed E-state index contributed by atoms with van der Waals surface area (Å²) in [7, 11) is 1.67. The van der Waals surface area contributed by atoms with Gasteiger partial charge in [-0.15, -0.1) is 0 Å². The Hall–Kier alpha value is -1.03. The average molecular weight is 252 g/mol. The molecule has 0 bridgehead atoms. The molecular formula is C13H20N2OS. The number of benzene rings is 1. The van der Waals surface area contributed by atoms with Crippen molar-refractivity contribution in [2.24, 2.45) is 0 Å². The van der Waals surface area contributed by atoms with Crippen molar-refractivity contribution in [3.63, 3.8) is 0 Å². The Morgan fingerprint density at radius 1 is 1.47 bits per heavy atom. The molecule has 1 atom stereocenters. The van der Waals surface area contributed by atoms with Crippen molar-refractivity contribution in [2.75, 3.05) is 30.5 Å². The predicted octanol–water partition coefficient (Wildman–Crippen LogP) is 2.98. The smallest absolute Gasteiger partial charge is 0.121 e. The fraction of sp³-hybridized carbons (Fsp3) is 0.538. The van der Waals surface area contributed by atoms with Crippen LogP contribution in [0.5, 0.6) is 5.75 Å². The summed E-state index contributed by atoms with van der Waals surface area (Å²) in [5.41, 5.74) is 7.70. The Morgan fingerprint density at radius 2 is 2.35 bits per heavy atom. The van der Waals surface area contributed by atoms with Crippen LogP contribution in [0.25, 0.3) is 0 Å². The maximum absolute atomic E-state index is 5.93. The van der Waals surface area contributed by atoms with Crippen LogP contribution in [0, 0.1) is 0 Å². The van der Waals surface area contributed by atoms with Gasteiger partial charge in [-0.3, -0.25) is 0 Å². The summed E-state index contributed by atoms with van der Waals surface area (Å²) >= 11 is 2.06. The molecule has 1 aromatic carbocycles. The highest BCUT2D eigenvalue weighted by atomic mass is 32.2. The van der Waals surface area contributed by atoms with E-state index in [4.69, 9.17) is 10.5 Å². The van der Waals surface area contributed by atoms with Crippen molar-refractivity contribution in [3.05, 3.63) is 18.2 Å². The van der Waals surface area contributed by atoms with Gasteiger partial charge in [-0.05, 0) is 30.7 Å². The van der Waals surface area contributed by atoms with Crippen molar-refractivity contribution in [1.29, 1.82) is 0 Å². The Morgan fingerprint density at radius 3 is 3.06 bits per heavy atom. The quantitative estimate of drug-likeness (QED) is 0.809. The Bertz CT molecular complexity index is 364. The predicted molar refractivity (Wildman–Crippen MR) is 76.0 cm³/mol. The van der Waals surface area contributed by atoms with E-state index in [-0.39, 0.29) is 0 Å². The minimum absolute atomic E-state index is 0.717. The SMILES string of the molecule is COc1ccc(N)c(NCC2CCCCS2)c1. The third-order valence-electron chi connectivity index (χ3n) is 3.05.